The predicted molar refractivity (Wildman–Crippen MR) is 79.6 cm³/mol. The van der Waals surface area contributed by atoms with E-state index in [9.17, 15) is 18.0 Å². The molecule has 130 valence electrons. The summed E-state index contributed by atoms with van der Waals surface area (Å²) < 4.78 is 39.9. The maximum atomic E-state index is 12.3. The number of benzene rings is 1. The Morgan fingerprint density at radius 3 is 2.62 bits per heavy atom. The zero-order chi connectivity index (χ0) is 17.3. The number of carbonyl (C=O) groups excluding carboxylic acids is 2. The average molecular weight is 356 g/mol. The average Bonchev–Trinajstić information content (AvgIpc) is 2.77. The van der Waals surface area contributed by atoms with Crippen molar-refractivity contribution in [2.75, 3.05) is 6.54 Å². The van der Waals surface area contributed by atoms with Crippen molar-refractivity contribution in [3.8, 4) is 0 Å². The summed E-state index contributed by atoms with van der Waals surface area (Å²) in [6.45, 7) is 0.228. The summed E-state index contributed by atoms with van der Waals surface area (Å²) in [6.07, 6.45) is 0.693. The van der Waals surface area contributed by atoms with Crippen LogP contribution < -0.4 is 0 Å². The van der Waals surface area contributed by atoms with Crippen LogP contribution in [0.4, 0.5) is 4.79 Å². The Morgan fingerprint density at radius 1 is 1.25 bits per heavy atom. The molecule has 1 aromatic rings. The molecule has 1 aromatic carbocycles. The lowest BCUT2D eigenvalue weighted by Crippen LogP contribution is -2.45. The molecule has 0 spiro atoms. The van der Waals surface area contributed by atoms with Crippen LogP contribution in [0.1, 0.15) is 18.4 Å². The number of esters is 1. The molecule has 0 aromatic heterocycles. The molecule has 2 saturated heterocycles. The predicted octanol–water partition coefficient (Wildman–Crippen LogP) is 0.733. The lowest BCUT2D eigenvalue weighted by molar-refractivity contribution is -0.151. The topological polar surface area (TPSA) is 113 Å². The van der Waals surface area contributed by atoms with Crippen LogP contribution in [0.3, 0.4) is 0 Å². The number of hydrogen-bond acceptors (Lipinski definition) is 6. The first kappa shape index (κ1) is 16.7. The summed E-state index contributed by atoms with van der Waals surface area (Å²) in [7, 11) is -4.80. The summed E-state index contributed by atoms with van der Waals surface area (Å²) in [5, 5.41) is 0.597. The molecule has 2 fully saturated rings. The highest BCUT2D eigenvalue weighted by molar-refractivity contribution is 7.80. The van der Waals surface area contributed by atoms with Crippen molar-refractivity contribution >= 4 is 22.4 Å². The number of hydroxylamine groups is 2. The molecular formula is C14H16N2O7S. The highest BCUT2D eigenvalue weighted by Gasteiger charge is 2.49. The highest BCUT2D eigenvalue weighted by atomic mass is 32.3. The second kappa shape index (κ2) is 6.38. The van der Waals surface area contributed by atoms with Gasteiger partial charge < -0.3 is 9.64 Å². The molecule has 24 heavy (non-hydrogen) atoms. The number of fused-ring (bicyclic) bond motifs is 2. The van der Waals surface area contributed by atoms with Gasteiger partial charge in [-0.05, 0) is 18.4 Å². The third-order valence-corrected chi connectivity index (χ3v) is 4.34. The Kier molecular flexibility index (Phi) is 4.43. The van der Waals surface area contributed by atoms with Crippen molar-refractivity contribution in [1.82, 2.24) is 9.96 Å². The summed E-state index contributed by atoms with van der Waals surface area (Å²) in [5.74, 6) is -0.556. The van der Waals surface area contributed by atoms with E-state index in [2.05, 4.69) is 4.28 Å². The monoisotopic (exact) mass is 356 g/mol. The Balaban J connectivity index is 1.64. The number of ether oxygens (including phenoxy) is 1. The van der Waals surface area contributed by atoms with Crippen LogP contribution in [0.15, 0.2) is 30.3 Å². The fraction of sp³-hybridized carbons (Fsp3) is 0.429. The minimum atomic E-state index is -4.80. The van der Waals surface area contributed by atoms with E-state index in [0.29, 0.717) is 17.9 Å². The molecule has 2 amide bonds. The molecule has 0 unspecified atom stereocenters. The van der Waals surface area contributed by atoms with Gasteiger partial charge in [0.05, 0.1) is 6.04 Å². The van der Waals surface area contributed by atoms with Crippen molar-refractivity contribution < 1.29 is 31.6 Å². The van der Waals surface area contributed by atoms with E-state index < -0.39 is 34.5 Å². The second-order valence-electron chi connectivity index (χ2n) is 5.60. The number of amides is 2. The van der Waals surface area contributed by atoms with Gasteiger partial charge in [0.2, 0.25) is 0 Å². The summed E-state index contributed by atoms with van der Waals surface area (Å²) in [5.41, 5.74) is 0.823. The largest absolute Gasteiger partial charge is 0.459 e. The molecule has 10 heteroatoms. The Morgan fingerprint density at radius 2 is 1.96 bits per heavy atom. The third kappa shape index (κ3) is 3.50. The van der Waals surface area contributed by atoms with Crippen LogP contribution in [-0.2, 0) is 30.8 Å². The Labute approximate surface area is 138 Å². The van der Waals surface area contributed by atoms with E-state index in [0.717, 1.165) is 5.56 Å². The van der Waals surface area contributed by atoms with Gasteiger partial charge in [-0.15, -0.1) is 4.28 Å². The molecule has 2 aliphatic rings. The second-order valence-corrected chi connectivity index (χ2v) is 6.61. The van der Waals surface area contributed by atoms with Crippen LogP contribution >= 0.6 is 0 Å². The standard InChI is InChI=1S/C14H16N2O7S/c17-13(22-9-10-4-2-1-3-5-10)12-7-6-11-8-15(12)14(18)16(11)23-24(19,20)21/h1-5,11-12H,6-9H2,(H,19,20,21)/t11-,12-/m1/s1. The molecule has 3 rings (SSSR count). The smallest absolute Gasteiger partial charge is 0.418 e. The zero-order valence-electron chi connectivity index (χ0n) is 12.6. The van der Waals surface area contributed by atoms with Gasteiger partial charge in [0, 0.05) is 6.54 Å². The Bertz CT molecular complexity index is 737. The molecule has 0 aliphatic carbocycles. The number of piperidine rings is 1. The van der Waals surface area contributed by atoms with Crippen molar-refractivity contribution in [1.29, 1.82) is 0 Å². The normalized spacial score (nSPS) is 23.5. The molecule has 0 radical (unpaired) electrons. The molecule has 2 aliphatic heterocycles. The van der Waals surface area contributed by atoms with Crippen LogP contribution in [0.5, 0.6) is 0 Å². The first-order chi connectivity index (χ1) is 11.3. The number of rotatable bonds is 5. The van der Waals surface area contributed by atoms with Gasteiger partial charge in [-0.25, -0.2) is 9.59 Å². The maximum Gasteiger partial charge on any atom is 0.418 e. The van der Waals surface area contributed by atoms with Gasteiger partial charge in [0.1, 0.15) is 12.6 Å². The van der Waals surface area contributed by atoms with E-state index in [1.54, 1.807) is 0 Å². The maximum absolute atomic E-state index is 12.3. The fourth-order valence-corrected chi connectivity index (χ4v) is 3.29. The van der Waals surface area contributed by atoms with Crippen LogP contribution in [-0.4, -0.2) is 53.6 Å². The molecule has 9 nitrogen and oxygen atoms in total. The Hall–Kier alpha value is -2.17. The lowest BCUT2D eigenvalue weighted by atomic mass is 10.0. The SMILES string of the molecule is O=C(OCc1ccccc1)[C@H]1CC[C@@H]2CN1C(=O)N2OS(=O)(=O)O. The quantitative estimate of drug-likeness (QED) is 0.611. The summed E-state index contributed by atoms with van der Waals surface area (Å²) >= 11 is 0. The molecule has 0 saturated carbocycles. The van der Waals surface area contributed by atoms with Crippen LogP contribution in [0.25, 0.3) is 0 Å². The zero-order valence-corrected chi connectivity index (χ0v) is 13.4. The van der Waals surface area contributed by atoms with Crippen molar-refractivity contribution in [2.45, 2.75) is 31.5 Å². The van der Waals surface area contributed by atoms with Gasteiger partial charge in [0.25, 0.3) is 0 Å². The van der Waals surface area contributed by atoms with E-state index in [4.69, 9.17) is 9.29 Å². The van der Waals surface area contributed by atoms with E-state index in [1.165, 1.54) is 4.90 Å². The van der Waals surface area contributed by atoms with E-state index >= 15 is 0 Å². The first-order valence-electron chi connectivity index (χ1n) is 7.32. The number of nitrogens with zero attached hydrogens (tertiary/aromatic N) is 2. The molecule has 1 N–H and O–H groups in total. The van der Waals surface area contributed by atoms with E-state index in [1.807, 2.05) is 30.3 Å². The van der Waals surface area contributed by atoms with Gasteiger partial charge in [-0.1, -0.05) is 30.3 Å². The van der Waals surface area contributed by atoms with Crippen molar-refractivity contribution in [3.05, 3.63) is 35.9 Å². The lowest BCUT2D eigenvalue weighted by Gasteiger charge is -2.28. The summed E-state index contributed by atoms with van der Waals surface area (Å²) in [4.78, 5) is 25.7. The van der Waals surface area contributed by atoms with Crippen molar-refractivity contribution in [3.63, 3.8) is 0 Å². The van der Waals surface area contributed by atoms with Crippen LogP contribution in [0.2, 0.25) is 0 Å². The van der Waals surface area contributed by atoms with Gasteiger partial charge in [-0.2, -0.15) is 13.5 Å². The number of carbonyl (C=O) groups is 2. The molecule has 2 heterocycles. The molecular weight excluding hydrogens is 340 g/mol. The molecule has 2 bridgehead atoms. The number of hydrogen-bond donors (Lipinski definition) is 1. The minimum absolute atomic E-state index is 0.0901. The van der Waals surface area contributed by atoms with Gasteiger partial charge in [-0.3, -0.25) is 4.55 Å². The fourth-order valence-electron chi connectivity index (χ4n) is 2.90. The van der Waals surface area contributed by atoms with Crippen LogP contribution in [0, 0.1) is 0 Å². The molecule has 2 atom stereocenters. The first-order valence-corrected chi connectivity index (χ1v) is 8.69. The van der Waals surface area contributed by atoms with Gasteiger partial charge >= 0.3 is 22.4 Å². The van der Waals surface area contributed by atoms with Gasteiger partial charge in [0.15, 0.2) is 0 Å². The van der Waals surface area contributed by atoms with Crippen molar-refractivity contribution in [2.24, 2.45) is 0 Å². The summed E-state index contributed by atoms with van der Waals surface area (Å²) in [6, 6.07) is 7.01. The third-order valence-electron chi connectivity index (χ3n) is 3.99. The van der Waals surface area contributed by atoms with E-state index in [-0.39, 0.29) is 13.2 Å². The number of urea groups is 1. The minimum Gasteiger partial charge on any atom is -0.459 e. The highest BCUT2D eigenvalue weighted by Crippen LogP contribution is 2.31.